The fourth-order valence-corrected chi connectivity index (χ4v) is 4.17. The Morgan fingerprint density at radius 3 is 1.95 bits per heavy atom. The molecule has 0 aromatic carbocycles. The number of hydrogen-bond acceptors (Lipinski definition) is 3. The van der Waals surface area contributed by atoms with Crippen molar-refractivity contribution in [2.24, 2.45) is 11.3 Å². The predicted octanol–water partition coefficient (Wildman–Crippen LogP) is 5.34. The van der Waals surface area contributed by atoms with Gasteiger partial charge in [-0.15, -0.1) is 11.3 Å². The van der Waals surface area contributed by atoms with Crippen LogP contribution < -0.4 is 5.73 Å². The van der Waals surface area contributed by atoms with Crippen molar-refractivity contribution in [3.05, 3.63) is 10.7 Å². The van der Waals surface area contributed by atoms with E-state index in [2.05, 4.69) is 41.5 Å². The Balaban J connectivity index is 2.10. The van der Waals surface area contributed by atoms with Gasteiger partial charge in [0.1, 0.15) is 10.0 Å². The summed E-state index contributed by atoms with van der Waals surface area (Å²) < 4.78 is 0. The molecule has 0 aliphatic heterocycles. The van der Waals surface area contributed by atoms with Crippen molar-refractivity contribution in [1.29, 1.82) is 0 Å². The summed E-state index contributed by atoms with van der Waals surface area (Å²) in [6, 6.07) is 0. The Kier molecular flexibility index (Phi) is 4.21. The van der Waals surface area contributed by atoms with Gasteiger partial charge in [-0.25, -0.2) is 4.98 Å². The lowest BCUT2D eigenvalue weighted by atomic mass is 9.69. The van der Waals surface area contributed by atoms with Crippen molar-refractivity contribution in [2.75, 3.05) is 5.73 Å². The summed E-state index contributed by atoms with van der Waals surface area (Å²) in [5.74, 6) is 1.43. The summed E-state index contributed by atoms with van der Waals surface area (Å²) in [4.78, 5) is 4.89. The molecule has 2 nitrogen and oxygen atoms in total. The highest BCUT2D eigenvalue weighted by Crippen LogP contribution is 2.45. The second kappa shape index (κ2) is 5.32. The molecule has 1 saturated carbocycles. The van der Waals surface area contributed by atoms with E-state index in [1.807, 2.05) is 0 Å². The first-order valence-electron chi connectivity index (χ1n) is 7.85. The molecule has 2 N–H and O–H groups in total. The highest BCUT2D eigenvalue weighted by Gasteiger charge is 2.32. The minimum atomic E-state index is 0.111. The number of rotatable bonds is 1. The van der Waals surface area contributed by atoms with Crippen LogP contribution in [-0.2, 0) is 5.41 Å². The number of anilines is 1. The number of hydrogen-bond donors (Lipinski definition) is 1. The number of thiazole rings is 1. The summed E-state index contributed by atoms with van der Waals surface area (Å²) in [5, 5.41) is 2.14. The maximum atomic E-state index is 6.25. The average Bonchev–Trinajstić information content (AvgIpc) is 2.70. The van der Waals surface area contributed by atoms with Gasteiger partial charge in [-0.1, -0.05) is 41.5 Å². The second-order valence-corrected chi connectivity index (χ2v) is 9.46. The van der Waals surface area contributed by atoms with Crippen LogP contribution in [0.3, 0.4) is 0 Å². The molecule has 0 saturated heterocycles. The van der Waals surface area contributed by atoms with Crippen LogP contribution in [0.15, 0.2) is 0 Å². The van der Waals surface area contributed by atoms with E-state index in [0.717, 1.165) is 10.9 Å². The Morgan fingerprint density at radius 2 is 1.55 bits per heavy atom. The summed E-state index contributed by atoms with van der Waals surface area (Å²) in [7, 11) is 0. The molecule has 0 atom stereocenters. The molecule has 0 unspecified atom stereocenters. The number of aromatic nitrogens is 1. The molecule has 0 amide bonds. The van der Waals surface area contributed by atoms with Gasteiger partial charge >= 0.3 is 0 Å². The molecule has 0 bridgehead atoms. The van der Waals surface area contributed by atoms with Gasteiger partial charge in [0.2, 0.25) is 0 Å². The molecule has 3 heteroatoms. The fraction of sp³-hybridized carbons (Fsp3) is 0.824. The lowest BCUT2D eigenvalue weighted by Crippen LogP contribution is -2.25. The van der Waals surface area contributed by atoms with Crippen molar-refractivity contribution in [3.8, 4) is 0 Å². The molecule has 20 heavy (non-hydrogen) atoms. The van der Waals surface area contributed by atoms with Crippen LogP contribution in [-0.4, -0.2) is 4.98 Å². The molecule has 2 rings (SSSR count). The zero-order valence-electron chi connectivity index (χ0n) is 13.9. The molecule has 0 spiro atoms. The minimum Gasteiger partial charge on any atom is -0.389 e. The van der Waals surface area contributed by atoms with Gasteiger partial charge < -0.3 is 5.73 Å². The summed E-state index contributed by atoms with van der Waals surface area (Å²) >= 11 is 1.69. The van der Waals surface area contributed by atoms with Gasteiger partial charge in [-0.3, -0.25) is 0 Å². The average molecular weight is 295 g/mol. The van der Waals surface area contributed by atoms with Crippen molar-refractivity contribution in [1.82, 2.24) is 4.98 Å². The van der Waals surface area contributed by atoms with Crippen molar-refractivity contribution in [3.63, 3.8) is 0 Å². The first-order valence-corrected chi connectivity index (χ1v) is 8.67. The smallest absolute Gasteiger partial charge is 0.110 e. The Bertz CT molecular complexity index is 454. The van der Waals surface area contributed by atoms with E-state index in [4.69, 9.17) is 10.7 Å². The van der Waals surface area contributed by atoms with E-state index in [1.165, 1.54) is 36.4 Å². The summed E-state index contributed by atoms with van der Waals surface area (Å²) in [6.45, 7) is 13.7. The predicted molar refractivity (Wildman–Crippen MR) is 89.4 cm³/mol. The van der Waals surface area contributed by atoms with E-state index in [1.54, 1.807) is 11.3 Å². The molecule has 114 valence electrons. The largest absolute Gasteiger partial charge is 0.389 e. The Hall–Kier alpha value is -0.570. The lowest BCUT2D eigenvalue weighted by Gasteiger charge is -2.36. The van der Waals surface area contributed by atoms with Crippen molar-refractivity contribution >= 4 is 16.3 Å². The standard InChI is InChI=1S/C17H30N2S/c1-16(2,3)12-9-7-11(8-10-12)13-14(18)20-15(19-13)17(4,5)6/h11-12H,7-10,18H2,1-6H3. The van der Waals surface area contributed by atoms with Gasteiger partial charge in [-0.05, 0) is 37.0 Å². The zero-order valence-corrected chi connectivity index (χ0v) is 14.7. The molecule has 1 heterocycles. The topological polar surface area (TPSA) is 38.9 Å². The summed E-state index contributed by atoms with van der Waals surface area (Å²) in [5.41, 5.74) is 7.98. The van der Waals surface area contributed by atoms with Gasteiger partial charge in [0, 0.05) is 11.3 Å². The quantitative estimate of drug-likeness (QED) is 0.759. The third-order valence-corrected chi connectivity index (χ3v) is 5.99. The summed E-state index contributed by atoms with van der Waals surface area (Å²) in [6.07, 6.45) is 5.13. The molecule has 1 aromatic rings. The lowest BCUT2D eigenvalue weighted by molar-refractivity contribution is 0.168. The number of nitrogen functional groups attached to an aromatic ring is 1. The van der Waals surface area contributed by atoms with Crippen LogP contribution in [0.5, 0.6) is 0 Å². The van der Waals surface area contributed by atoms with Gasteiger partial charge in [0.25, 0.3) is 0 Å². The Morgan fingerprint density at radius 1 is 1.00 bits per heavy atom. The zero-order chi connectivity index (χ0) is 15.1. The number of nitrogens with two attached hydrogens (primary N) is 1. The van der Waals surface area contributed by atoms with Crippen LogP contribution in [0.4, 0.5) is 5.00 Å². The first-order chi connectivity index (χ1) is 9.09. The molecule has 1 aromatic heterocycles. The first kappa shape index (κ1) is 15.8. The van der Waals surface area contributed by atoms with E-state index < -0.39 is 0 Å². The molecular weight excluding hydrogens is 264 g/mol. The van der Waals surface area contributed by atoms with Crippen LogP contribution >= 0.6 is 11.3 Å². The SMILES string of the molecule is CC(C)(C)c1nc(C2CCC(C(C)(C)C)CC2)c(N)s1. The highest BCUT2D eigenvalue weighted by molar-refractivity contribution is 7.15. The molecule has 1 aliphatic rings. The van der Waals surface area contributed by atoms with Crippen LogP contribution in [0, 0.1) is 11.3 Å². The Labute approximate surface area is 128 Å². The third-order valence-electron chi connectivity index (χ3n) is 4.66. The number of nitrogens with zero attached hydrogens (tertiary/aromatic N) is 1. The van der Waals surface area contributed by atoms with E-state index in [-0.39, 0.29) is 5.41 Å². The maximum Gasteiger partial charge on any atom is 0.110 e. The molecule has 1 aliphatic carbocycles. The van der Waals surface area contributed by atoms with E-state index >= 15 is 0 Å². The minimum absolute atomic E-state index is 0.111. The van der Waals surface area contributed by atoms with Gasteiger partial charge in [-0.2, -0.15) is 0 Å². The highest BCUT2D eigenvalue weighted by atomic mass is 32.1. The van der Waals surface area contributed by atoms with Gasteiger partial charge in [0.05, 0.1) is 5.69 Å². The normalized spacial score (nSPS) is 24.9. The maximum absolute atomic E-state index is 6.25. The monoisotopic (exact) mass is 294 g/mol. The van der Waals surface area contributed by atoms with E-state index in [0.29, 0.717) is 11.3 Å². The van der Waals surface area contributed by atoms with Gasteiger partial charge in [0.15, 0.2) is 0 Å². The molecule has 1 fully saturated rings. The van der Waals surface area contributed by atoms with Crippen LogP contribution in [0.1, 0.15) is 83.8 Å². The van der Waals surface area contributed by atoms with E-state index in [9.17, 15) is 0 Å². The van der Waals surface area contributed by atoms with Crippen molar-refractivity contribution < 1.29 is 0 Å². The third kappa shape index (κ3) is 3.36. The molecule has 0 radical (unpaired) electrons. The fourth-order valence-electron chi connectivity index (χ4n) is 3.19. The van der Waals surface area contributed by atoms with Crippen molar-refractivity contribution in [2.45, 2.75) is 78.6 Å². The second-order valence-electron chi connectivity index (χ2n) is 8.43. The van der Waals surface area contributed by atoms with Crippen LogP contribution in [0.2, 0.25) is 0 Å². The van der Waals surface area contributed by atoms with Crippen LogP contribution in [0.25, 0.3) is 0 Å². The molecular formula is C17H30N2S.